The van der Waals surface area contributed by atoms with Gasteiger partial charge in [0.25, 0.3) is 0 Å². The summed E-state index contributed by atoms with van der Waals surface area (Å²) < 4.78 is 38.2. The Bertz CT molecular complexity index is 854. The predicted molar refractivity (Wildman–Crippen MR) is 87.6 cm³/mol. The summed E-state index contributed by atoms with van der Waals surface area (Å²) in [6.45, 7) is 0.0908. The van der Waals surface area contributed by atoms with Crippen molar-refractivity contribution in [1.29, 1.82) is 0 Å². The fraction of sp³-hybridized carbons (Fsp3) is 0.176. The molecule has 1 unspecified atom stereocenters. The Balaban J connectivity index is 1.77. The standard InChI is InChI=1S/C17H17NO4S/c1-21-17(16-11-13-7-5-6-10-15(13)22-16)12-18-23(19,20)14-8-3-2-4-9-14/h2-11,17-18H,12H2,1H3. The van der Waals surface area contributed by atoms with Crippen molar-refractivity contribution in [2.24, 2.45) is 0 Å². The van der Waals surface area contributed by atoms with Gasteiger partial charge < -0.3 is 9.15 Å². The molecule has 3 aromatic rings. The number of hydrogen-bond acceptors (Lipinski definition) is 4. The smallest absolute Gasteiger partial charge is 0.240 e. The highest BCUT2D eigenvalue weighted by atomic mass is 32.2. The summed E-state index contributed by atoms with van der Waals surface area (Å²) in [7, 11) is -2.05. The largest absolute Gasteiger partial charge is 0.458 e. The first-order valence-corrected chi connectivity index (χ1v) is 8.64. The lowest BCUT2D eigenvalue weighted by atomic mass is 10.2. The molecule has 1 atom stereocenters. The molecular weight excluding hydrogens is 314 g/mol. The average Bonchev–Trinajstić information content (AvgIpc) is 3.00. The minimum absolute atomic E-state index is 0.0908. The molecule has 0 aliphatic carbocycles. The van der Waals surface area contributed by atoms with Crippen molar-refractivity contribution in [3.05, 3.63) is 66.4 Å². The van der Waals surface area contributed by atoms with E-state index in [1.54, 1.807) is 30.3 Å². The van der Waals surface area contributed by atoms with Crippen molar-refractivity contribution in [3.8, 4) is 0 Å². The van der Waals surface area contributed by atoms with Crippen molar-refractivity contribution >= 4 is 21.0 Å². The Hall–Kier alpha value is -2.15. The summed E-state index contributed by atoms with van der Waals surface area (Å²) in [6.07, 6.45) is -0.499. The Morgan fingerprint density at radius 3 is 2.48 bits per heavy atom. The Kier molecular flexibility index (Phi) is 4.47. The van der Waals surface area contributed by atoms with E-state index in [1.807, 2.05) is 30.3 Å². The van der Waals surface area contributed by atoms with Gasteiger partial charge in [0.2, 0.25) is 10.0 Å². The van der Waals surface area contributed by atoms with Crippen LogP contribution in [0.25, 0.3) is 11.0 Å². The van der Waals surface area contributed by atoms with Crippen LogP contribution in [-0.4, -0.2) is 22.1 Å². The third-order valence-corrected chi connectivity index (χ3v) is 5.00. The van der Waals surface area contributed by atoms with E-state index in [9.17, 15) is 8.42 Å². The van der Waals surface area contributed by atoms with E-state index in [-0.39, 0.29) is 11.4 Å². The molecule has 2 aromatic carbocycles. The van der Waals surface area contributed by atoms with E-state index in [2.05, 4.69) is 4.72 Å². The second-order valence-electron chi connectivity index (χ2n) is 5.08. The molecular formula is C17H17NO4S. The molecule has 5 nitrogen and oxygen atoms in total. The van der Waals surface area contributed by atoms with Crippen LogP contribution in [0.3, 0.4) is 0 Å². The van der Waals surface area contributed by atoms with Gasteiger partial charge in [-0.3, -0.25) is 0 Å². The number of para-hydroxylation sites is 1. The summed E-state index contributed by atoms with van der Waals surface area (Å²) in [5.74, 6) is 0.587. The summed E-state index contributed by atoms with van der Waals surface area (Å²) in [5, 5.41) is 0.954. The van der Waals surface area contributed by atoms with Crippen LogP contribution in [0.4, 0.5) is 0 Å². The zero-order valence-electron chi connectivity index (χ0n) is 12.6. The van der Waals surface area contributed by atoms with Crippen molar-refractivity contribution in [2.45, 2.75) is 11.0 Å². The van der Waals surface area contributed by atoms with Crippen LogP contribution in [0.15, 0.2) is 70.0 Å². The normalized spacial score (nSPS) is 13.3. The van der Waals surface area contributed by atoms with Gasteiger partial charge in [-0.25, -0.2) is 13.1 Å². The van der Waals surface area contributed by atoms with E-state index in [4.69, 9.17) is 9.15 Å². The molecule has 0 saturated carbocycles. The second kappa shape index (κ2) is 6.54. The van der Waals surface area contributed by atoms with Crippen molar-refractivity contribution < 1.29 is 17.6 Å². The number of hydrogen-bond donors (Lipinski definition) is 1. The molecule has 3 rings (SSSR count). The zero-order valence-corrected chi connectivity index (χ0v) is 13.4. The molecule has 1 heterocycles. The molecule has 23 heavy (non-hydrogen) atoms. The van der Waals surface area contributed by atoms with Gasteiger partial charge in [-0.1, -0.05) is 36.4 Å². The van der Waals surface area contributed by atoms with Gasteiger partial charge in [-0.05, 0) is 24.3 Å². The predicted octanol–water partition coefficient (Wildman–Crippen LogP) is 3.10. The first kappa shape index (κ1) is 15.7. The maximum Gasteiger partial charge on any atom is 0.240 e. The first-order valence-electron chi connectivity index (χ1n) is 7.16. The van der Waals surface area contributed by atoms with Crippen LogP contribution in [0.1, 0.15) is 11.9 Å². The van der Waals surface area contributed by atoms with Crippen molar-refractivity contribution in [2.75, 3.05) is 13.7 Å². The minimum Gasteiger partial charge on any atom is -0.458 e. The van der Waals surface area contributed by atoms with Crippen LogP contribution in [0.2, 0.25) is 0 Å². The highest BCUT2D eigenvalue weighted by Gasteiger charge is 2.20. The number of fused-ring (bicyclic) bond motifs is 1. The molecule has 0 saturated heterocycles. The Morgan fingerprint density at radius 2 is 1.78 bits per heavy atom. The SMILES string of the molecule is COC(CNS(=O)(=O)c1ccccc1)c1cc2ccccc2o1. The number of methoxy groups -OCH3 is 1. The van der Waals surface area contributed by atoms with Gasteiger partial charge in [-0.15, -0.1) is 0 Å². The molecule has 6 heteroatoms. The van der Waals surface area contributed by atoms with Gasteiger partial charge in [0.05, 0.1) is 4.90 Å². The molecule has 0 spiro atoms. The molecule has 0 aliphatic heterocycles. The number of nitrogens with one attached hydrogen (secondary N) is 1. The third kappa shape index (κ3) is 3.44. The van der Waals surface area contributed by atoms with Gasteiger partial charge >= 0.3 is 0 Å². The highest BCUT2D eigenvalue weighted by Crippen LogP contribution is 2.25. The second-order valence-corrected chi connectivity index (χ2v) is 6.84. The monoisotopic (exact) mass is 331 g/mol. The third-order valence-electron chi connectivity index (χ3n) is 3.56. The van der Waals surface area contributed by atoms with E-state index >= 15 is 0 Å². The molecule has 0 aliphatic rings. The maximum absolute atomic E-state index is 12.3. The highest BCUT2D eigenvalue weighted by molar-refractivity contribution is 7.89. The van der Waals surface area contributed by atoms with Crippen LogP contribution < -0.4 is 4.72 Å². The van der Waals surface area contributed by atoms with Gasteiger partial charge in [0.1, 0.15) is 17.4 Å². The van der Waals surface area contributed by atoms with E-state index in [0.29, 0.717) is 5.76 Å². The lowest BCUT2D eigenvalue weighted by Gasteiger charge is -2.14. The summed E-state index contributed by atoms with van der Waals surface area (Å²) >= 11 is 0. The summed E-state index contributed by atoms with van der Waals surface area (Å²) in [4.78, 5) is 0.222. The van der Waals surface area contributed by atoms with Crippen LogP contribution in [-0.2, 0) is 14.8 Å². The quantitative estimate of drug-likeness (QED) is 0.753. The first-order chi connectivity index (χ1) is 11.1. The zero-order chi connectivity index (χ0) is 16.3. The molecule has 120 valence electrons. The Labute approximate surface area is 134 Å². The van der Waals surface area contributed by atoms with Crippen LogP contribution >= 0.6 is 0 Å². The molecule has 0 fully saturated rings. The number of rotatable bonds is 6. The number of sulfonamides is 1. The fourth-order valence-electron chi connectivity index (χ4n) is 2.33. The molecule has 1 aromatic heterocycles. The molecule has 0 bridgehead atoms. The van der Waals surface area contributed by atoms with Crippen molar-refractivity contribution in [3.63, 3.8) is 0 Å². The van der Waals surface area contributed by atoms with Gasteiger partial charge in [0, 0.05) is 19.0 Å². The molecule has 1 N–H and O–H groups in total. The average molecular weight is 331 g/mol. The van der Waals surface area contributed by atoms with Crippen LogP contribution in [0, 0.1) is 0 Å². The lowest BCUT2D eigenvalue weighted by Crippen LogP contribution is -2.29. The summed E-state index contributed by atoms with van der Waals surface area (Å²) in [6, 6.07) is 17.7. The van der Waals surface area contributed by atoms with Gasteiger partial charge in [-0.2, -0.15) is 0 Å². The number of furan rings is 1. The number of benzene rings is 2. The minimum atomic E-state index is -3.58. The topological polar surface area (TPSA) is 68.5 Å². The van der Waals surface area contributed by atoms with E-state index in [1.165, 1.54) is 7.11 Å². The van der Waals surface area contributed by atoms with E-state index in [0.717, 1.165) is 11.0 Å². The fourth-order valence-corrected chi connectivity index (χ4v) is 3.38. The van der Waals surface area contributed by atoms with Gasteiger partial charge in [0.15, 0.2) is 0 Å². The summed E-state index contributed by atoms with van der Waals surface area (Å²) in [5.41, 5.74) is 0.746. The molecule has 0 amide bonds. The number of ether oxygens (including phenoxy) is 1. The Morgan fingerprint density at radius 1 is 1.09 bits per heavy atom. The lowest BCUT2D eigenvalue weighted by molar-refractivity contribution is 0.0893. The van der Waals surface area contributed by atoms with E-state index < -0.39 is 16.1 Å². The van der Waals surface area contributed by atoms with Crippen molar-refractivity contribution in [1.82, 2.24) is 4.72 Å². The molecule has 0 radical (unpaired) electrons. The maximum atomic E-state index is 12.3. The van der Waals surface area contributed by atoms with Crippen LogP contribution in [0.5, 0.6) is 0 Å².